The van der Waals surface area contributed by atoms with E-state index in [1.807, 2.05) is 13.8 Å². The van der Waals surface area contributed by atoms with E-state index in [-0.39, 0.29) is 18.3 Å². The van der Waals surface area contributed by atoms with Gasteiger partial charge < -0.3 is 19.7 Å². The van der Waals surface area contributed by atoms with Crippen molar-refractivity contribution in [2.45, 2.75) is 26.1 Å². The van der Waals surface area contributed by atoms with E-state index in [2.05, 4.69) is 5.32 Å². The molecule has 1 fully saturated rings. The Morgan fingerprint density at radius 3 is 2.93 bits per heavy atom. The lowest BCUT2D eigenvalue weighted by molar-refractivity contribution is 0.00514. The summed E-state index contributed by atoms with van der Waals surface area (Å²) in [6.45, 7) is 6.63. The van der Waals surface area contributed by atoms with E-state index in [4.69, 9.17) is 9.47 Å². The summed E-state index contributed by atoms with van der Waals surface area (Å²) in [4.78, 5) is 13.0. The fraction of sp³-hybridized carbons (Fsp3) is 0.900. The van der Waals surface area contributed by atoms with Crippen LogP contribution >= 0.6 is 0 Å². The molecule has 0 aromatic rings. The second-order valence-electron chi connectivity index (χ2n) is 4.01. The fourth-order valence-corrected chi connectivity index (χ4v) is 1.41. The first kappa shape index (κ1) is 12.3. The molecule has 88 valence electrons. The maximum absolute atomic E-state index is 11.5. The maximum Gasteiger partial charge on any atom is 0.409 e. The molecule has 1 rings (SSSR count). The number of nitrogens with one attached hydrogen (secondary N) is 1. The number of likely N-dealkylation sites (N-methyl/N-ethyl adjacent to an activating group) is 1. The van der Waals surface area contributed by atoms with Crippen molar-refractivity contribution in [3.8, 4) is 0 Å². The van der Waals surface area contributed by atoms with Gasteiger partial charge in [0.25, 0.3) is 0 Å². The van der Waals surface area contributed by atoms with Gasteiger partial charge in [-0.05, 0) is 13.8 Å². The summed E-state index contributed by atoms with van der Waals surface area (Å²) >= 11 is 0. The third-order valence-electron chi connectivity index (χ3n) is 2.13. The predicted octanol–water partition coefficient (Wildman–Crippen LogP) is 0.452. The number of carbonyl (C=O) groups excluding carboxylic acids is 1. The predicted molar refractivity (Wildman–Crippen MR) is 56.9 cm³/mol. The second kappa shape index (κ2) is 5.92. The Hall–Kier alpha value is -0.810. The lowest BCUT2D eigenvalue weighted by Crippen LogP contribution is -2.46. The van der Waals surface area contributed by atoms with Crippen molar-refractivity contribution in [2.75, 3.05) is 33.3 Å². The average molecular weight is 216 g/mol. The number of carbonyl (C=O) groups is 1. The van der Waals surface area contributed by atoms with E-state index in [0.717, 1.165) is 13.1 Å². The number of hydrogen-bond acceptors (Lipinski definition) is 4. The molecule has 5 heteroatoms. The lowest BCUT2D eigenvalue weighted by atomic mass is 10.3. The van der Waals surface area contributed by atoms with E-state index in [1.54, 1.807) is 11.9 Å². The first-order valence-electron chi connectivity index (χ1n) is 5.33. The topological polar surface area (TPSA) is 50.8 Å². The molecule has 1 heterocycles. The number of hydrogen-bond donors (Lipinski definition) is 1. The minimum atomic E-state index is -0.292. The van der Waals surface area contributed by atoms with Crippen molar-refractivity contribution in [1.29, 1.82) is 0 Å². The summed E-state index contributed by atoms with van der Waals surface area (Å²) in [5.41, 5.74) is 0. The Kier molecular flexibility index (Phi) is 4.84. The Morgan fingerprint density at radius 2 is 2.40 bits per heavy atom. The van der Waals surface area contributed by atoms with Gasteiger partial charge in [-0.1, -0.05) is 0 Å². The van der Waals surface area contributed by atoms with E-state index in [0.29, 0.717) is 13.2 Å². The van der Waals surface area contributed by atoms with Crippen molar-refractivity contribution >= 4 is 6.09 Å². The molecule has 1 N–H and O–H groups in total. The Morgan fingerprint density at radius 1 is 1.67 bits per heavy atom. The summed E-state index contributed by atoms with van der Waals surface area (Å²) in [5.74, 6) is 0. The molecule has 15 heavy (non-hydrogen) atoms. The second-order valence-corrected chi connectivity index (χ2v) is 4.01. The highest BCUT2D eigenvalue weighted by atomic mass is 16.6. The van der Waals surface area contributed by atoms with E-state index in [1.165, 1.54) is 0 Å². The maximum atomic E-state index is 11.5. The molecule has 0 aromatic carbocycles. The van der Waals surface area contributed by atoms with Gasteiger partial charge in [-0.15, -0.1) is 0 Å². The Labute approximate surface area is 90.7 Å². The van der Waals surface area contributed by atoms with Crippen LogP contribution in [-0.2, 0) is 9.47 Å². The molecule has 1 saturated heterocycles. The molecular formula is C10H20N2O3. The summed E-state index contributed by atoms with van der Waals surface area (Å²) in [5, 5.41) is 3.22. The van der Waals surface area contributed by atoms with Crippen LogP contribution in [0, 0.1) is 0 Å². The highest BCUT2D eigenvalue weighted by Gasteiger charge is 2.19. The Bertz CT molecular complexity index is 203. The summed E-state index contributed by atoms with van der Waals surface area (Å²) in [6.07, 6.45) is -0.298. The number of rotatable bonds is 3. The van der Waals surface area contributed by atoms with Gasteiger partial charge in [0, 0.05) is 20.1 Å². The molecule has 0 aliphatic carbocycles. The number of amides is 1. The van der Waals surface area contributed by atoms with Crippen LogP contribution in [-0.4, -0.2) is 56.5 Å². The van der Waals surface area contributed by atoms with Crippen LogP contribution in [0.5, 0.6) is 0 Å². The van der Waals surface area contributed by atoms with Crippen LogP contribution in [0.4, 0.5) is 4.79 Å². The largest absolute Gasteiger partial charge is 0.447 e. The van der Waals surface area contributed by atoms with Crippen molar-refractivity contribution in [3.05, 3.63) is 0 Å². The molecule has 1 aliphatic rings. The zero-order chi connectivity index (χ0) is 11.3. The number of ether oxygens (including phenoxy) is 2. The van der Waals surface area contributed by atoms with Crippen LogP contribution in [0.3, 0.4) is 0 Å². The van der Waals surface area contributed by atoms with E-state index < -0.39 is 0 Å². The first-order valence-corrected chi connectivity index (χ1v) is 5.33. The van der Waals surface area contributed by atoms with Crippen LogP contribution in [0.25, 0.3) is 0 Å². The quantitative estimate of drug-likeness (QED) is 0.744. The van der Waals surface area contributed by atoms with Crippen molar-refractivity contribution < 1.29 is 14.3 Å². The third kappa shape index (κ3) is 4.48. The SMILES string of the molecule is CC(C)OC(=O)N(C)CC1CNCCO1. The molecule has 0 saturated carbocycles. The monoisotopic (exact) mass is 216 g/mol. The van der Waals surface area contributed by atoms with Crippen LogP contribution in [0.15, 0.2) is 0 Å². The third-order valence-corrected chi connectivity index (χ3v) is 2.13. The Balaban J connectivity index is 2.26. The first-order chi connectivity index (χ1) is 7.09. The average Bonchev–Trinajstić information content (AvgIpc) is 2.18. The number of nitrogens with zero attached hydrogens (tertiary/aromatic N) is 1. The van der Waals surface area contributed by atoms with Gasteiger partial charge in [0.2, 0.25) is 0 Å². The number of morpholine rings is 1. The lowest BCUT2D eigenvalue weighted by Gasteiger charge is -2.28. The molecule has 0 radical (unpaired) electrons. The van der Waals surface area contributed by atoms with Gasteiger partial charge in [0.15, 0.2) is 0 Å². The van der Waals surface area contributed by atoms with Gasteiger partial charge in [-0.25, -0.2) is 4.79 Å². The van der Waals surface area contributed by atoms with Crippen molar-refractivity contribution in [1.82, 2.24) is 10.2 Å². The fourth-order valence-electron chi connectivity index (χ4n) is 1.41. The van der Waals surface area contributed by atoms with Crippen molar-refractivity contribution in [2.24, 2.45) is 0 Å². The molecule has 1 amide bonds. The van der Waals surface area contributed by atoms with E-state index in [9.17, 15) is 4.79 Å². The molecule has 0 bridgehead atoms. The van der Waals surface area contributed by atoms with Crippen molar-refractivity contribution in [3.63, 3.8) is 0 Å². The normalized spacial score (nSPS) is 21.5. The molecule has 0 aromatic heterocycles. The highest BCUT2D eigenvalue weighted by molar-refractivity contribution is 5.67. The highest BCUT2D eigenvalue weighted by Crippen LogP contribution is 2.01. The molecule has 1 atom stereocenters. The van der Waals surface area contributed by atoms with Gasteiger partial charge in [-0.3, -0.25) is 0 Å². The summed E-state index contributed by atoms with van der Waals surface area (Å²) < 4.78 is 10.6. The molecule has 5 nitrogen and oxygen atoms in total. The summed E-state index contributed by atoms with van der Waals surface area (Å²) in [6, 6.07) is 0. The molecule has 1 aliphatic heterocycles. The minimum absolute atomic E-state index is 0.0727. The standard InChI is InChI=1S/C10H20N2O3/c1-8(2)15-10(13)12(3)7-9-6-11-4-5-14-9/h8-9,11H,4-7H2,1-3H3. The van der Waals surface area contributed by atoms with Crippen LogP contribution in [0.1, 0.15) is 13.8 Å². The van der Waals surface area contributed by atoms with Crippen LogP contribution in [0.2, 0.25) is 0 Å². The van der Waals surface area contributed by atoms with Gasteiger partial charge in [0.1, 0.15) is 0 Å². The molecule has 0 spiro atoms. The van der Waals surface area contributed by atoms with Gasteiger partial charge in [-0.2, -0.15) is 0 Å². The molecule has 1 unspecified atom stereocenters. The summed E-state index contributed by atoms with van der Waals surface area (Å²) in [7, 11) is 1.72. The van der Waals surface area contributed by atoms with Gasteiger partial charge >= 0.3 is 6.09 Å². The zero-order valence-electron chi connectivity index (χ0n) is 9.66. The zero-order valence-corrected chi connectivity index (χ0v) is 9.66. The van der Waals surface area contributed by atoms with Crippen LogP contribution < -0.4 is 5.32 Å². The smallest absolute Gasteiger partial charge is 0.409 e. The molecular weight excluding hydrogens is 196 g/mol. The van der Waals surface area contributed by atoms with E-state index >= 15 is 0 Å². The van der Waals surface area contributed by atoms with Gasteiger partial charge in [0.05, 0.1) is 25.4 Å². The minimum Gasteiger partial charge on any atom is -0.447 e.